The Kier molecular flexibility index (Phi) is 4.72. The molecule has 126 valence electrons. The van der Waals surface area contributed by atoms with Crippen molar-refractivity contribution in [2.75, 3.05) is 26.2 Å². The number of rotatable bonds is 3. The fourth-order valence-electron chi connectivity index (χ4n) is 4.04. The molecule has 2 saturated heterocycles. The van der Waals surface area contributed by atoms with Gasteiger partial charge in [-0.1, -0.05) is 6.07 Å². The summed E-state index contributed by atoms with van der Waals surface area (Å²) in [6, 6.07) is 5.06. The number of carbonyl (C=O) groups is 1. The number of nitrogens with zero attached hydrogens (tertiary/aromatic N) is 2. The van der Waals surface area contributed by atoms with Gasteiger partial charge in [-0.05, 0) is 74.9 Å². The molecule has 23 heavy (non-hydrogen) atoms. The largest absolute Gasteiger partial charge is 0.342 e. The number of likely N-dealkylation sites (tertiary alicyclic amines) is 2. The highest BCUT2D eigenvalue weighted by atomic mass is 19.1. The summed E-state index contributed by atoms with van der Waals surface area (Å²) in [6.07, 6.45) is 4.03. The molecule has 3 nitrogen and oxygen atoms in total. The Labute approximate surface area is 138 Å². The molecule has 2 aliphatic heterocycles. The van der Waals surface area contributed by atoms with E-state index in [1.165, 1.54) is 6.07 Å². The fraction of sp³-hybridized carbons (Fsp3) is 0.632. The van der Waals surface area contributed by atoms with Crippen molar-refractivity contribution in [1.29, 1.82) is 0 Å². The summed E-state index contributed by atoms with van der Waals surface area (Å²) in [5.41, 5.74) is 2.57. The predicted octanol–water partition coefficient (Wildman–Crippen LogP) is 3.36. The molecule has 0 N–H and O–H groups in total. The van der Waals surface area contributed by atoms with Crippen molar-refractivity contribution in [2.45, 2.75) is 46.1 Å². The fourth-order valence-corrected chi connectivity index (χ4v) is 4.04. The van der Waals surface area contributed by atoms with Crippen molar-refractivity contribution in [1.82, 2.24) is 9.80 Å². The van der Waals surface area contributed by atoms with Crippen LogP contribution in [0.3, 0.4) is 0 Å². The molecule has 0 saturated carbocycles. The SMILES string of the molecule is CCN1CC2(CCC1=O)CCN(Cc1cc(F)ccc1C)CC2. The van der Waals surface area contributed by atoms with Gasteiger partial charge in [0.1, 0.15) is 5.82 Å². The Morgan fingerprint density at radius 1 is 1.22 bits per heavy atom. The molecule has 0 aromatic heterocycles. The number of piperidine rings is 2. The Balaban J connectivity index is 1.60. The number of aryl methyl sites for hydroxylation is 1. The van der Waals surface area contributed by atoms with Crippen LogP contribution in [0.25, 0.3) is 0 Å². The van der Waals surface area contributed by atoms with E-state index in [9.17, 15) is 9.18 Å². The first-order valence-electron chi connectivity index (χ1n) is 8.76. The summed E-state index contributed by atoms with van der Waals surface area (Å²) < 4.78 is 13.4. The summed E-state index contributed by atoms with van der Waals surface area (Å²) in [5.74, 6) is 0.166. The minimum Gasteiger partial charge on any atom is -0.342 e. The second-order valence-electron chi connectivity index (χ2n) is 7.25. The first-order valence-corrected chi connectivity index (χ1v) is 8.76. The minimum atomic E-state index is -0.150. The number of halogens is 1. The molecule has 0 atom stereocenters. The van der Waals surface area contributed by atoms with Crippen LogP contribution in [0.5, 0.6) is 0 Å². The van der Waals surface area contributed by atoms with E-state index < -0.39 is 0 Å². The molecule has 1 amide bonds. The van der Waals surface area contributed by atoms with Gasteiger partial charge >= 0.3 is 0 Å². The molecule has 0 unspecified atom stereocenters. The van der Waals surface area contributed by atoms with Gasteiger partial charge in [0.25, 0.3) is 0 Å². The van der Waals surface area contributed by atoms with E-state index in [-0.39, 0.29) is 5.82 Å². The van der Waals surface area contributed by atoms with E-state index in [1.54, 1.807) is 6.07 Å². The van der Waals surface area contributed by atoms with Crippen LogP contribution in [-0.2, 0) is 11.3 Å². The molecule has 3 rings (SSSR count). The van der Waals surface area contributed by atoms with Gasteiger partial charge in [-0.25, -0.2) is 4.39 Å². The molecule has 4 heteroatoms. The molecule has 0 aliphatic carbocycles. The Morgan fingerprint density at radius 3 is 2.65 bits per heavy atom. The van der Waals surface area contributed by atoms with Gasteiger partial charge in [0.2, 0.25) is 5.91 Å². The van der Waals surface area contributed by atoms with Crippen LogP contribution in [0.1, 0.15) is 43.7 Å². The first-order chi connectivity index (χ1) is 11.0. The topological polar surface area (TPSA) is 23.6 Å². The van der Waals surface area contributed by atoms with Gasteiger partial charge in [-0.2, -0.15) is 0 Å². The Bertz CT molecular complexity index is 579. The van der Waals surface area contributed by atoms with Gasteiger partial charge in [0, 0.05) is 26.1 Å². The van der Waals surface area contributed by atoms with Gasteiger partial charge in [0.05, 0.1) is 0 Å². The normalized spacial score (nSPS) is 21.9. The second kappa shape index (κ2) is 6.60. The Hall–Kier alpha value is -1.42. The molecule has 2 heterocycles. The third-order valence-corrected chi connectivity index (χ3v) is 5.75. The summed E-state index contributed by atoms with van der Waals surface area (Å²) in [6.45, 7) is 8.78. The van der Waals surface area contributed by atoms with E-state index in [0.29, 0.717) is 17.7 Å². The van der Waals surface area contributed by atoms with Gasteiger partial charge in [-0.15, -0.1) is 0 Å². The molecular formula is C19H27FN2O. The van der Waals surface area contributed by atoms with E-state index >= 15 is 0 Å². The van der Waals surface area contributed by atoms with Crippen molar-refractivity contribution >= 4 is 5.91 Å². The molecule has 2 aliphatic rings. The van der Waals surface area contributed by atoms with Crippen LogP contribution < -0.4 is 0 Å². The van der Waals surface area contributed by atoms with Crippen molar-refractivity contribution in [2.24, 2.45) is 5.41 Å². The first kappa shape index (κ1) is 16.4. The summed E-state index contributed by atoms with van der Waals surface area (Å²) in [5, 5.41) is 0. The number of hydrogen-bond acceptors (Lipinski definition) is 2. The molecule has 1 aromatic rings. The molecule has 0 radical (unpaired) electrons. The average molecular weight is 318 g/mol. The number of amides is 1. The Morgan fingerprint density at radius 2 is 1.96 bits per heavy atom. The van der Waals surface area contributed by atoms with Crippen molar-refractivity contribution in [3.05, 3.63) is 35.1 Å². The molecule has 0 bridgehead atoms. The molecular weight excluding hydrogens is 291 g/mol. The maximum absolute atomic E-state index is 13.4. The van der Waals surface area contributed by atoms with Gasteiger partial charge in [0.15, 0.2) is 0 Å². The van der Waals surface area contributed by atoms with Crippen LogP contribution in [0, 0.1) is 18.2 Å². The smallest absolute Gasteiger partial charge is 0.222 e. The predicted molar refractivity (Wildman–Crippen MR) is 89.6 cm³/mol. The molecule has 1 spiro atoms. The lowest BCUT2D eigenvalue weighted by Gasteiger charge is -2.47. The zero-order valence-electron chi connectivity index (χ0n) is 14.3. The van der Waals surface area contributed by atoms with Crippen molar-refractivity contribution in [3.8, 4) is 0 Å². The number of benzene rings is 1. The van der Waals surface area contributed by atoms with Crippen molar-refractivity contribution in [3.63, 3.8) is 0 Å². The second-order valence-corrected chi connectivity index (χ2v) is 7.25. The van der Waals surface area contributed by atoms with Crippen LogP contribution in [0.4, 0.5) is 4.39 Å². The van der Waals surface area contributed by atoms with Gasteiger partial charge in [-0.3, -0.25) is 9.69 Å². The van der Waals surface area contributed by atoms with Crippen molar-refractivity contribution < 1.29 is 9.18 Å². The van der Waals surface area contributed by atoms with E-state index in [1.807, 2.05) is 17.9 Å². The number of carbonyl (C=O) groups excluding carboxylic acids is 1. The monoisotopic (exact) mass is 318 g/mol. The lowest BCUT2D eigenvalue weighted by atomic mass is 9.72. The van der Waals surface area contributed by atoms with Crippen LogP contribution in [0.2, 0.25) is 0 Å². The standard InChI is InChI=1S/C19H27FN2O/c1-3-22-14-19(7-6-18(22)23)8-10-21(11-9-19)13-16-12-17(20)5-4-15(16)2/h4-5,12H,3,6-11,13-14H2,1-2H3. The molecule has 2 fully saturated rings. The van der Waals surface area contributed by atoms with E-state index in [0.717, 1.165) is 63.1 Å². The highest BCUT2D eigenvalue weighted by Gasteiger charge is 2.40. The van der Waals surface area contributed by atoms with Crippen LogP contribution >= 0.6 is 0 Å². The summed E-state index contributed by atoms with van der Waals surface area (Å²) >= 11 is 0. The van der Waals surface area contributed by atoms with E-state index in [4.69, 9.17) is 0 Å². The maximum atomic E-state index is 13.4. The highest BCUT2D eigenvalue weighted by Crippen LogP contribution is 2.40. The lowest BCUT2D eigenvalue weighted by Crippen LogP contribution is -2.51. The maximum Gasteiger partial charge on any atom is 0.222 e. The third kappa shape index (κ3) is 3.57. The lowest BCUT2D eigenvalue weighted by molar-refractivity contribution is -0.138. The van der Waals surface area contributed by atoms with Crippen LogP contribution in [0.15, 0.2) is 18.2 Å². The minimum absolute atomic E-state index is 0.150. The number of hydrogen-bond donors (Lipinski definition) is 0. The summed E-state index contributed by atoms with van der Waals surface area (Å²) in [4.78, 5) is 16.4. The zero-order valence-corrected chi connectivity index (χ0v) is 14.3. The summed E-state index contributed by atoms with van der Waals surface area (Å²) in [7, 11) is 0. The van der Waals surface area contributed by atoms with Gasteiger partial charge < -0.3 is 4.90 Å². The van der Waals surface area contributed by atoms with Crippen LogP contribution in [-0.4, -0.2) is 41.9 Å². The third-order valence-electron chi connectivity index (χ3n) is 5.75. The molecule has 1 aromatic carbocycles. The quantitative estimate of drug-likeness (QED) is 0.853. The zero-order chi connectivity index (χ0) is 16.4. The highest BCUT2D eigenvalue weighted by molar-refractivity contribution is 5.77. The van der Waals surface area contributed by atoms with E-state index in [2.05, 4.69) is 11.8 Å². The average Bonchev–Trinajstić information content (AvgIpc) is 2.56.